The topological polar surface area (TPSA) is 12.4 Å². The highest BCUT2D eigenvalue weighted by Crippen LogP contribution is 2.24. The number of hydrogen-bond donors (Lipinski definition) is 0. The summed E-state index contributed by atoms with van der Waals surface area (Å²) in [6.07, 6.45) is 2.11. The second kappa shape index (κ2) is 3.54. The van der Waals surface area contributed by atoms with Crippen molar-refractivity contribution in [3.8, 4) is 0 Å². The Bertz CT molecular complexity index is 196. The van der Waals surface area contributed by atoms with Gasteiger partial charge < -0.3 is 0 Å². The molecular weight excluding hydrogens is 213 g/mol. The van der Waals surface area contributed by atoms with Gasteiger partial charge in [-0.2, -0.15) is 0 Å². The van der Waals surface area contributed by atoms with Crippen LogP contribution in [-0.4, -0.2) is 11.6 Å². The first kappa shape index (κ1) is 8.28. The van der Waals surface area contributed by atoms with Crippen LogP contribution in [-0.2, 0) is 0 Å². The fourth-order valence-corrected chi connectivity index (χ4v) is 1.69. The van der Waals surface area contributed by atoms with Gasteiger partial charge in [0, 0.05) is 10.2 Å². The fourth-order valence-electron chi connectivity index (χ4n) is 0.884. The van der Waals surface area contributed by atoms with E-state index in [1.807, 2.05) is 6.92 Å². The molecule has 0 radical (unpaired) electrons. The number of nitrogens with zero attached hydrogens (tertiary/aromatic N) is 1. The molecule has 0 aromatic carbocycles. The van der Waals surface area contributed by atoms with Crippen LogP contribution in [0.1, 0.15) is 19.8 Å². The lowest BCUT2D eigenvalue weighted by molar-refractivity contribution is 1.00. The Hall–Kier alpha value is 0.180. The number of hydrogen-bond acceptors (Lipinski definition) is 1. The summed E-state index contributed by atoms with van der Waals surface area (Å²) in [5.41, 5.74) is 2.17. The van der Waals surface area contributed by atoms with Gasteiger partial charge in [0.2, 0.25) is 0 Å². The van der Waals surface area contributed by atoms with E-state index in [-0.39, 0.29) is 0 Å². The summed E-state index contributed by atoms with van der Waals surface area (Å²) in [5.74, 6) is 0.512. The molecule has 10 heavy (non-hydrogen) atoms. The second-order valence-corrected chi connectivity index (χ2v) is 3.56. The molecular formula is C7H9BrClN. The number of halogens is 2. The largest absolute Gasteiger partial charge is 0.260 e. The van der Waals surface area contributed by atoms with Crippen molar-refractivity contribution in [2.45, 2.75) is 19.8 Å². The van der Waals surface area contributed by atoms with E-state index in [2.05, 4.69) is 20.9 Å². The van der Waals surface area contributed by atoms with E-state index in [0.29, 0.717) is 5.88 Å². The number of rotatable bonds is 1. The quantitative estimate of drug-likeness (QED) is 0.605. The summed E-state index contributed by atoms with van der Waals surface area (Å²) >= 11 is 9.08. The van der Waals surface area contributed by atoms with Crippen LogP contribution < -0.4 is 0 Å². The summed E-state index contributed by atoms with van der Waals surface area (Å²) in [5, 5.41) is 0. The maximum Gasteiger partial charge on any atom is 0.0655 e. The maximum atomic E-state index is 5.65. The van der Waals surface area contributed by atoms with Gasteiger partial charge in [-0.05, 0) is 19.8 Å². The zero-order chi connectivity index (χ0) is 7.56. The van der Waals surface area contributed by atoms with Crippen molar-refractivity contribution in [1.29, 1.82) is 0 Å². The van der Waals surface area contributed by atoms with Gasteiger partial charge in [-0.3, -0.25) is 4.99 Å². The van der Waals surface area contributed by atoms with Crippen LogP contribution in [0.25, 0.3) is 0 Å². The van der Waals surface area contributed by atoms with Gasteiger partial charge in [-0.15, -0.1) is 11.6 Å². The average Bonchev–Trinajstić information content (AvgIpc) is 1.94. The van der Waals surface area contributed by atoms with Gasteiger partial charge in [0.1, 0.15) is 0 Å². The minimum absolute atomic E-state index is 0.512. The molecule has 0 aromatic rings. The van der Waals surface area contributed by atoms with Crippen molar-refractivity contribution < 1.29 is 0 Å². The Labute approximate surface area is 74.3 Å². The molecule has 0 atom stereocenters. The zero-order valence-electron chi connectivity index (χ0n) is 5.82. The van der Waals surface area contributed by atoms with E-state index in [4.69, 9.17) is 11.6 Å². The zero-order valence-corrected chi connectivity index (χ0v) is 8.17. The third-order valence-corrected chi connectivity index (χ3v) is 2.58. The van der Waals surface area contributed by atoms with Crippen LogP contribution in [0, 0.1) is 0 Å². The molecule has 0 bridgehead atoms. The monoisotopic (exact) mass is 221 g/mol. The average molecular weight is 223 g/mol. The normalized spacial score (nSPS) is 19.3. The summed E-state index contributed by atoms with van der Waals surface area (Å²) < 4.78 is 1.16. The molecule has 1 aliphatic rings. The van der Waals surface area contributed by atoms with E-state index in [1.165, 1.54) is 5.71 Å². The van der Waals surface area contributed by atoms with E-state index >= 15 is 0 Å². The highest BCUT2D eigenvalue weighted by molar-refractivity contribution is 9.11. The first-order valence-electron chi connectivity index (χ1n) is 3.21. The van der Waals surface area contributed by atoms with Crippen molar-refractivity contribution in [3.05, 3.63) is 10.2 Å². The predicted octanol–water partition coefficient (Wildman–Crippen LogP) is 3.09. The van der Waals surface area contributed by atoms with Gasteiger partial charge in [0.05, 0.1) is 11.6 Å². The van der Waals surface area contributed by atoms with Crippen LogP contribution in [0.5, 0.6) is 0 Å². The highest BCUT2D eigenvalue weighted by Gasteiger charge is 2.08. The maximum absolute atomic E-state index is 5.65. The Morgan fingerprint density at radius 2 is 2.30 bits per heavy atom. The minimum atomic E-state index is 0.512. The molecule has 0 spiro atoms. The second-order valence-electron chi connectivity index (χ2n) is 2.33. The molecule has 0 aliphatic carbocycles. The third kappa shape index (κ3) is 1.83. The fraction of sp³-hybridized carbons (Fsp3) is 0.571. The van der Waals surface area contributed by atoms with E-state index in [9.17, 15) is 0 Å². The standard InChI is InChI=1S/C7H9BrClN/c1-5-2-3-6(8)7(4-9)10-5/h2-4H2,1H3. The molecule has 3 heteroatoms. The van der Waals surface area contributed by atoms with Crippen LogP contribution in [0.2, 0.25) is 0 Å². The number of aliphatic imine (C=N–C) groups is 1. The summed E-state index contributed by atoms with van der Waals surface area (Å²) in [6, 6.07) is 0. The first-order valence-corrected chi connectivity index (χ1v) is 4.54. The molecule has 1 nitrogen and oxygen atoms in total. The molecule has 0 saturated carbocycles. The molecule has 0 unspecified atom stereocenters. The van der Waals surface area contributed by atoms with Crippen LogP contribution in [0.15, 0.2) is 15.2 Å². The molecule has 1 rings (SSSR count). The molecule has 0 amide bonds. The van der Waals surface area contributed by atoms with E-state index < -0.39 is 0 Å². The Morgan fingerprint density at radius 1 is 1.60 bits per heavy atom. The molecule has 1 heterocycles. The van der Waals surface area contributed by atoms with Crippen molar-refractivity contribution in [1.82, 2.24) is 0 Å². The first-order chi connectivity index (χ1) is 4.74. The minimum Gasteiger partial charge on any atom is -0.260 e. The summed E-state index contributed by atoms with van der Waals surface area (Å²) in [4.78, 5) is 4.30. The molecule has 0 aromatic heterocycles. The van der Waals surface area contributed by atoms with Crippen molar-refractivity contribution >= 4 is 33.2 Å². The van der Waals surface area contributed by atoms with Crippen molar-refractivity contribution in [2.24, 2.45) is 4.99 Å². The van der Waals surface area contributed by atoms with Gasteiger partial charge in [0.15, 0.2) is 0 Å². The van der Waals surface area contributed by atoms with Crippen LogP contribution >= 0.6 is 27.5 Å². The Balaban J connectivity index is 2.82. The molecule has 0 fully saturated rings. The molecule has 0 saturated heterocycles. The third-order valence-electron chi connectivity index (χ3n) is 1.47. The van der Waals surface area contributed by atoms with Gasteiger partial charge >= 0.3 is 0 Å². The summed E-state index contributed by atoms with van der Waals surface area (Å²) in [7, 11) is 0. The van der Waals surface area contributed by atoms with Gasteiger partial charge in [0.25, 0.3) is 0 Å². The smallest absolute Gasteiger partial charge is 0.0655 e. The molecule has 56 valence electrons. The Morgan fingerprint density at radius 3 is 2.80 bits per heavy atom. The van der Waals surface area contributed by atoms with Crippen LogP contribution in [0.3, 0.4) is 0 Å². The van der Waals surface area contributed by atoms with Gasteiger partial charge in [-0.1, -0.05) is 15.9 Å². The van der Waals surface area contributed by atoms with Gasteiger partial charge in [-0.25, -0.2) is 0 Å². The number of allylic oxidation sites excluding steroid dienone is 2. The van der Waals surface area contributed by atoms with E-state index in [0.717, 1.165) is 23.0 Å². The van der Waals surface area contributed by atoms with E-state index in [1.54, 1.807) is 0 Å². The molecule has 1 aliphatic heterocycles. The lowest BCUT2D eigenvalue weighted by atomic mass is 10.1. The lowest BCUT2D eigenvalue weighted by Gasteiger charge is -2.10. The molecule has 0 N–H and O–H groups in total. The summed E-state index contributed by atoms with van der Waals surface area (Å²) in [6.45, 7) is 2.03. The predicted molar refractivity (Wildman–Crippen MR) is 49.0 cm³/mol. The Kier molecular flexibility index (Phi) is 2.93. The highest BCUT2D eigenvalue weighted by atomic mass is 79.9. The van der Waals surface area contributed by atoms with Crippen molar-refractivity contribution in [3.63, 3.8) is 0 Å². The lowest BCUT2D eigenvalue weighted by Crippen LogP contribution is -2.01. The SMILES string of the molecule is CC1=NC(CCl)=C(Br)CC1. The number of alkyl halides is 1. The van der Waals surface area contributed by atoms with Crippen LogP contribution in [0.4, 0.5) is 0 Å². The van der Waals surface area contributed by atoms with Crippen molar-refractivity contribution in [2.75, 3.05) is 5.88 Å².